The van der Waals surface area contributed by atoms with Gasteiger partial charge in [0.1, 0.15) is 11.4 Å². The van der Waals surface area contributed by atoms with Crippen LogP contribution in [0.25, 0.3) is 22.2 Å². The molecular weight excluding hydrogens is 488 g/mol. The SMILES string of the molecule is CCCCNC(=O)c1cnc(-c2cc3c(Cc4ccccc4)c(C(=O)CC(C)(C)C)cnc3cc2OC)cn1. The standard InChI is InChI=1S/C32H36N4O3/c1-6-7-13-33-31(38)28-20-35-27(19-36-28)24-15-23-22(14-21-11-9-8-10-12-21)25(29(37)17-32(2,3)4)18-34-26(23)16-30(24)39-5/h8-12,15-16,18-20H,6-7,13-14,17H2,1-5H3,(H,33,38). The number of hydrogen-bond donors (Lipinski definition) is 1. The first-order chi connectivity index (χ1) is 18.7. The Morgan fingerprint density at radius 1 is 0.974 bits per heavy atom. The van der Waals surface area contributed by atoms with E-state index in [2.05, 4.69) is 60.1 Å². The van der Waals surface area contributed by atoms with Gasteiger partial charge in [0.2, 0.25) is 0 Å². The summed E-state index contributed by atoms with van der Waals surface area (Å²) < 4.78 is 5.70. The number of unbranched alkanes of at least 4 members (excludes halogenated alkanes) is 1. The number of fused-ring (bicyclic) bond motifs is 1. The molecule has 7 nitrogen and oxygen atoms in total. The third kappa shape index (κ3) is 6.85. The van der Waals surface area contributed by atoms with Gasteiger partial charge in [-0.25, -0.2) is 4.98 Å². The molecule has 0 aliphatic carbocycles. The molecule has 202 valence electrons. The van der Waals surface area contributed by atoms with E-state index in [1.807, 2.05) is 30.3 Å². The summed E-state index contributed by atoms with van der Waals surface area (Å²) in [6.45, 7) is 8.86. The molecule has 4 rings (SSSR count). The maximum absolute atomic E-state index is 13.5. The summed E-state index contributed by atoms with van der Waals surface area (Å²) in [6.07, 6.45) is 7.66. The molecule has 7 heteroatoms. The summed E-state index contributed by atoms with van der Waals surface area (Å²) in [5, 5.41) is 3.72. The maximum atomic E-state index is 13.5. The van der Waals surface area contributed by atoms with Gasteiger partial charge in [-0.1, -0.05) is 64.4 Å². The normalized spacial score (nSPS) is 11.4. The van der Waals surface area contributed by atoms with Crippen molar-refractivity contribution in [1.82, 2.24) is 20.3 Å². The first-order valence-corrected chi connectivity index (χ1v) is 13.4. The molecule has 1 amide bonds. The molecule has 2 aromatic carbocycles. The Kier molecular flexibility index (Phi) is 8.69. The van der Waals surface area contributed by atoms with Crippen LogP contribution in [0.2, 0.25) is 0 Å². The van der Waals surface area contributed by atoms with Gasteiger partial charge in [-0.15, -0.1) is 0 Å². The quantitative estimate of drug-likeness (QED) is 0.190. The number of pyridine rings is 1. The van der Waals surface area contributed by atoms with Crippen LogP contribution in [0, 0.1) is 5.41 Å². The first kappa shape index (κ1) is 27.9. The molecule has 0 aliphatic heterocycles. The molecule has 39 heavy (non-hydrogen) atoms. The van der Waals surface area contributed by atoms with E-state index in [0.717, 1.165) is 34.9 Å². The fourth-order valence-electron chi connectivity index (χ4n) is 4.51. The van der Waals surface area contributed by atoms with E-state index in [4.69, 9.17) is 4.74 Å². The van der Waals surface area contributed by atoms with Gasteiger partial charge in [-0.2, -0.15) is 0 Å². The number of nitrogens with one attached hydrogen (secondary N) is 1. The predicted molar refractivity (Wildman–Crippen MR) is 154 cm³/mol. The second-order valence-electron chi connectivity index (χ2n) is 10.9. The predicted octanol–water partition coefficient (Wildman–Crippen LogP) is 6.44. The van der Waals surface area contributed by atoms with Gasteiger partial charge < -0.3 is 10.1 Å². The lowest BCUT2D eigenvalue weighted by Gasteiger charge is -2.19. The highest BCUT2D eigenvalue weighted by Crippen LogP contribution is 2.36. The summed E-state index contributed by atoms with van der Waals surface area (Å²) in [5.41, 5.74) is 4.77. The Labute approximate surface area is 230 Å². The van der Waals surface area contributed by atoms with Crippen molar-refractivity contribution in [3.05, 3.63) is 83.4 Å². The topological polar surface area (TPSA) is 94.1 Å². The Morgan fingerprint density at radius 2 is 1.74 bits per heavy atom. The number of aromatic nitrogens is 3. The van der Waals surface area contributed by atoms with Gasteiger partial charge in [0, 0.05) is 41.7 Å². The Morgan fingerprint density at radius 3 is 2.38 bits per heavy atom. The van der Waals surface area contributed by atoms with Crippen molar-refractivity contribution in [3.63, 3.8) is 0 Å². The molecule has 0 bridgehead atoms. The van der Waals surface area contributed by atoms with Crippen LogP contribution in [-0.4, -0.2) is 40.3 Å². The van der Waals surface area contributed by atoms with E-state index in [-0.39, 0.29) is 22.8 Å². The molecule has 0 fully saturated rings. The van der Waals surface area contributed by atoms with Crippen LogP contribution in [0.1, 0.15) is 78.9 Å². The van der Waals surface area contributed by atoms with Gasteiger partial charge in [-0.05, 0) is 35.4 Å². The number of benzene rings is 2. The summed E-state index contributed by atoms with van der Waals surface area (Å²) in [5.74, 6) is 0.409. The highest BCUT2D eigenvalue weighted by atomic mass is 16.5. The zero-order valence-electron chi connectivity index (χ0n) is 23.4. The molecule has 0 saturated heterocycles. The number of nitrogens with zero attached hydrogens (tertiary/aromatic N) is 3. The van der Waals surface area contributed by atoms with Gasteiger partial charge >= 0.3 is 0 Å². The van der Waals surface area contributed by atoms with E-state index in [0.29, 0.717) is 42.0 Å². The molecule has 0 spiro atoms. The largest absolute Gasteiger partial charge is 0.496 e. The summed E-state index contributed by atoms with van der Waals surface area (Å²) in [4.78, 5) is 39.4. The van der Waals surface area contributed by atoms with E-state index in [9.17, 15) is 9.59 Å². The summed E-state index contributed by atoms with van der Waals surface area (Å²) in [6, 6.07) is 13.9. The number of amides is 1. The number of carbonyl (C=O) groups is 2. The Balaban J connectivity index is 1.81. The highest BCUT2D eigenvalue weighted by molar-refractivity contribution is 6.03. The van der Waals surface area contributed by atoms with Crippen LogP contribution >= 0.6 is 0 Å². The minimum absolute atomic E-state index is 0.0680. The lowest BCUT2D eigenvalue weighted by atomic mass is 9.85. The van der Waals surface area contributed by atoms with Crippen LogP contribution in [0.5, 0.6) is 5.75 Å². The van der Waals surface area contributed by atoms with Crippen LogP contribution in [-0.2, 0) is 6.42 Å². The average molecular weight is 525 g/mol. The zero-order chi connectivity index (χ0) is 28.0. The van der Waals surface area contributed by atoms with Crippen LogP contribution < -0.4 is 10.1 Å². The van der Waals surface area contributed by atoms with Crippen molar-refractivity contribution in [2.75, 3.05) is 13.7 Å². The van der Waals surface area contributed by atoms with Crippen molar-refractivity contribution in [3.8, 4) is 17.0 Å². The smallest absolute Gasteiger partial charge is 0.271 e. The molecular formula is C32H36N4O3. The lowest BCUT2D eigenvalue weighted by molar-refractivity contribution is 0.0933. The number of carbonyl (C=O) groups excluding carboxylic acids is 2. The Bertz CT molecular complexity index is 1460. The van der Waals surface area contributed by atoms with E-state index >= 15 is 0 Å². The van der Waals surface area contributed by atoms with E-state index < -0.39 is 0 Å². The maximum Gasteiger partial charge on any atom is 0.271 e. The molecule has 0 radical (unpaired) electrons. The first-order valence-electron chi connectivity index (χ1n) is 13.4. The molecule has 0 unspecified atom stereocenters. The minimum atomic E-state index is -0.246. The second kappa shape index (κ2) is 12.2. The van der Waals surface area contributed by atoms with Crippen molar-refractivity contribution in [2.45, 2.75) is 53.4 Å². The third-order valence-electron chi connectivity index (χ3n) is 6.49. The van der Waals surface area contributed by atoms with Crippen molar-refractivity contribution < 1.29 is 14.3 Å². The average Bonchev–Trinajstić information content (AvgIpc) is 2.92. The van der Waals surface area contributed by atoms with E-state index in [1.54, 1.807) is 19.5 Å². The zero-order valence-corrected chi connectivity index (χ0v) is 23.4. The van der Waals surface area contributed by atoms with Crippen molar-refractivity contribution in [2.24, 2.45) is 5.41 Å². The number of Topliss-reactive ketones (excluding diaryl/α,β-unsaturated/α-hetero) is 1. The number of ether oxygens (including phenoxy) is 1. The fraction of sp³-hybridized carbons (Fsp3) is 0.344. The number of rotatable bonds is 10. The fourth-order valence-corrected chi connectivity index (χ4v) is 4.51. The monoisotopic (exact) mass is 524 g/mol. The Hall–Kier alpha value is -4.13. The number of methoxy groups -OCH3 is 1. The molecule has 0 saturated carbocycles. The third-order valence-corrected chi connectivity index (χ3v) is 6.49. The molecule has 1 N–H and O–H groups in total. The molecule has 4 aromatic rings. The van der Waals surface area contributed by atoms with Crippen molar-refractivity contribution in [1.29, 1.82) is 0 Å². The molecule has 2 heterocycles. The second-order valence-corrected chi connectivity index (χ2v) is 10.9. The van der Waals surface area contributed by atoms with Gasteiger partial charge in [0.05, 0.1) is 30.7 Å². The van der Waals surface area contributed by atoms with Gasteiger partial charge in [0.15, 0.2) is 5.78 Å². The molecule has 0 atom stereocenters. The number of hydrogen-bond acceptors (Lipinski definition) is 6. The van der Waals surface area contributed by atoms with Crippen LogP contribution in [0.4, 0.5) is 0 Å². The summed E-state index contributed by atoms with van der Waals surface area (Å²) >= 11 is 0. The lowest BCUT2D eigenvalue weighted by Crippen LogP contribution is -2.25. The molecule has 2 aromatic heterocycles. The minimum Gasteiger partial charge on any atom is -0.496 e. The van der Waals surface area contributed by atoms with Crippen LogP contribution in [0.15, 0.2) is 61.1 Å². The van der Waals surface area contributed by atoms with Gasteiger partial charge in [-0.3, -0.25) is 19.6 Å². The summed E-state index contributed by atoms with van der Waals surface area (Å²) in [7, 11) is 1.60. The van der Waals surface area contributed by atoms with Gasteiger partial charge in [0.25, 0.3) is 5.91 Å². The van der Waals surface area contributed by atoms with E-state index in [1.165, 1.54) is 6.20 Å². The molecule has 0 aliphatic rings. The van der Waals surface area contributed by atoms with Crippen LogP contribution in [0.3, 0.4) is 0 Å². The highest BCUT2D eigenvalue weighted by Gasteiger charge is 2.23. The number of ketones is 1. The van der Waals surface area contributed by atoms with Crippen molar-refractivity contribution >= 4 is 22.6 Å².